The van der Waals surface area contributed by atoms with Crippen molar-refractivity contribution in [3.8, 4) is 0 Å². The summed E-state index contributed by atoms with van der Waals surface area (Å²) in [5.74, 6) is -0.169. The minimum Gasteiger partial charge on any atom is -0.391 e. The Kier molecular flexibility index (Phi) is 52.9. The molecule has 3 unspecified atom stereocenters. The largest absolute Gasteiger partial charge is 0.472 e. The van der Waals surface area contributed by atoms with E-state index >= 15 is 0 Å². The molecule has 0 aliphatic rings. The molecule has 0 aliphatic carbocycles. The van der Waals surface area contributed by atoms with Crippen molar-refractivity contribution < 1.29 is 32.9 Å². The third kappa shape index (κ3) is 58.2. The van der Waals surface area contributed by atoms with E-state index in [0.29, 0.717) is 23.9 Å². The number of phosphoric ester groups is 1. The lowest BCUT2D eigenvalue weighted by Crippen LogP contribution is -2.46. The topological polar surface area (TPSA) is 105 Å². The molecule has 0 heterocycles. The molecule has 1 amide bonds. The van der Waals surface area contributed by atoms with Crippen molar-refractivity contribution in [3.63, 3.8) is 0 Å². The maximum atomic E-state index is 13.0. The number of aliphatic hydroxyl groups is 1. The van der Waals surface area contributed by atoms with Crippen LogP contribution in [0.25, 0.3) is 0 Å². The van der Waals surface area contributed by atoms with Gasteiger partial charge in [-0.1, -0.05) is 257 Å². The van der Waals surface area contributed by atoms with Crippen molar-refractivity contribution in [2.45, 2.75) is 238 Å². The number of amides is 1. The molecule has 428 valence electrons. The summed E-state index contributed by atoms with van der Waals surface area (Å²) in [5.41, 5.74) is 0. The predicted octanol–water partition coefficient (Wildman–Crippen LogP) is 18.7. The van der Waals surface area contributed by atoms with Gasteiger partial charge in [0.2, 0.25) is 5.91 Å². The quantitative estimate of drug-likeness (QED) is 0.0243. The van der Waals surface area contributed by atoms with Crippen molar-refractivity contribution >= 4 is 13.7 Å². The Labute approximate surface area is 462 Å². The van der Waals surface area contributed by atoms with E-state index in [1.165, 1.54) is 70.6 Å². The number of carbonyl (C=O) groups is 1. The normalized spacial score (nSPS) is 14.8. The predicted molar refractivity (Wildman–Crippen MR) is 327 cm³/mol. The smallest absolute Gasteiger partial charge is 0.391 e. The molecule has 9 heteroatoms. The maximum absolute atomic E-state index is 13.0. The molecular weight excluding hydrogens is 948 g/mol. The van der Waals surface area contributed by atoms with Crippen molar-refractivity contribution in [2.75, 3.05) is 40.9 Å². The average molecular weight is 1060 g/mol. The Morgan fingerprint density at radius 3 is 1.17 bits per heavy atom. The van der Waals surface area contributed by atoms with Crippen LogP contribution in [0.3, 0.4) is 0 Å². The number of nitrogens with zero attached hydrogens (tertiary/aromatic N) is 1. The van der Waals surface area contributed by atoms with Crippen molar-refractivity contribution in [2.24, 2.45) is 0 Å². The summed E-state index contributed by atoms with van der Waals surface area (Å²) < 4.78 is 23.7. The fourth-order valence-electron chi connectivity index (χ4n) is 7.99. The molecule has 3 atom stereocenters. The van der Waals surface area contributed by atoms with E-state index in [2.05, 4.69) is 153 Å². The van der Waals surface area contributed by atoms with Gasteiger partial charge in [0.1, 0.15) is 13.2 Å². The molecule has 0 aromatic carbocycles. The molecule has 0 radical (unpaired) electrons. The molecule has 0 aromatic heterocycles. The minimum atomic E-state index is -4.34. The maximum Gasteiger partial charge on any atom is 0.472 e. The lowest BCUT2D eigenvalue weighted by Gasteiger charge is -2.26. The summed E-state index contributed by atoms with van der Waals surface area (Å²) in [6.45, 7) is 4.74. The number of rotatable bonds is 53. The Balaban J connectivity index is 4.17. The van der Waals surface area contributed by atoms with Gasteiger partial charge in [0.25, 0.3) is 0 Å². The summed E-state index contributed by atoms with van der Waals surface area (Å²) in [6.07, 6.45) is 83.7. The van der Waals surface area contributed by atoms with Crippen LogP contribution in [-0.2, 0) is 18.4 Å². The van der Waals surface area contributed by atoms with Crippen LogP contribution in [0.4, 0.5) is 0 Å². The van der Waals surface area contributed by atoms with Gasteiger partial charge in [-0.3, -0.25) is 13.8 Å². The molecule has 0 rings (SSSR count). The fraction of sp³-hybridized carbons (Fsp3) is 0.652. The second-order valence-corrected chi connectivity index (χ2v) is 22.4. The summed E-state index contributed by atoms with van der Waals surface area (Å²) in [5, 5.41) is 14.0. The number of unbranched alkanes of at least 4 members (excludes halogenated alkanes) is 18. The van der Waals surface area contributed by atoms with Gasteiger partial charge in [-0.15, -0.1) is 0 Å². The Hall–Kier alpha value is -3.36. The number of hydrogen-bond acceptors (Lipinski definition) is 5. The zero-order chi connectivity index (χ0) is 54.9. The summed E-state index contributed by atoms with van der Waals surface area (Å²) in [4.78, 5) is 23.3. The van der Waals surface area contributed by atoms with Gasteiger partial charge in [0.15, 0.2) is 0 Å². The molecular formula is C66H114N2O6P+. The van der Waals surface area contributed by atoms with Gasteiger partial charge in [0.05, 0.1) is 39.9 Å². The van der Waals surface area contributed by atoms with E-state index in [1.54, 1.807) is 0 Å². The fourth-order valence-corrected chi connectivity index (χ4v) is 8.73. The number of hydrogen-bond donors (Lipinski definition) is 3. The molecule has 0 fully saturated rings. The Morgan fingerprint density at radius 1 is 0.467 bits per heavy atom. The van der Waals surface area contributed by atoms with E-state index in [-0.39, 0.29) is 19.1 Å². The number of likely N-dealkylation sites (N-methyl/N-ethyl adjacent to an activating group) is 1. The number of carbonyl (C=O) groups excluding carboxylic acids is 1. The van der Waals surface area contributed by atoms with Crippen LogP contribution in [0.5, 0.6) is 0 Å². The first-order valence-electron chi connectivity index (χ1n) is 30.0. The van der Waals surface area contributed by atoms with Gasteiger partial charge >= 0.3 is 7.82 Å². The summed E-state index contributed by atoms with van der Waals surface area (Å²) in [6, 6.07) is -0.780. The average Bonchev–Trinajstić information content (AvgIpc) is 3.37. The highest BCUT2D eigenvalue weighted by molar-refractivity contribution is 7.47. The van der Waals surface area contributed by atoms with E-state index in [4.69, 9.17) is 9.05 Å². The van der Waals surface area contributed by atoms with Gasteiger partial charge < -0.3 is 19.8 Å². The summed E-state index contributed by atoms with van der Waals surface area (Å²) in [7, 11) is 1.58. The van der Waals surface area contributed by atoms with E-state index in [0.717, 1.165) is 128 Å². The zero-order valence-electron chi connectivity index (χ0n) is 48.7. The van der Waals surface area contributed by atoms with Gasteiger partial charge in [-0.2, -0.15) is 0 Å². The molecule has 0 spiro atoms. The first-order valence-corrected chi connectivity index (χ1v) is 31.5. The minimum absolute atomic E-state index is 0.0638. The molecule has 0 saturated heterocycles. The zero-order valence-corrected chi connectivity index (χ0v) is 49.6. The monoisotopic (exact) mass is 1060 g/mol. The van der Waals surface area contributed by atoms with Crippen molar-refractivity contribution in [1.29, 1.82) is 0 Å². The molecule has 8 nitrogen and oxygen atoms in total. The SMILES string of the molecule is CC/C=C\C/C=C\C/C=C\C/C=C\C/C=C\C/C=C\C/C=C\C/C=C\C/C=C\C/C=C\C/C=C\CCCCCCCC(=O)NC(COP(=O)(O)OCC[N+](C)(C)C)C(O)CCCCCCCCCCCCCCCC. The first-order chi connectivity index (χ1) is 36.5. The van der Waals surface area contributed by atoms with Crippen LogP contribution in [0.2, 0.25) is 0 Å². The lowest BCUT2D eigenvalue weighted by molar-refractivity contribution is -0.870. The van der Waals surface area contributed by atoms with Crippen molar-refractivity contribution in [1.82, 2.24) is 5.32 Å². The Morgan fingerprint density at radius 2 is 0.800 bits per heavy atom. The van der Waals surface area contributed by atoms with Crippen LogP contribution in [0.1, 0.15) is 226 Å². The first kappa shape index (κ1) is 71.6. The molecule has 0 saturated carbocycles. The number of phosphoric acid groups is 1. The van der Waals surface area contributed by atoms with Crippen LogP contribution in [-0.4, -0.2) is 73.4 Å². The Bertz CT molecular complexity index is 1680. The molecule has 3 N–H and O–H groups in total. The van der Waals surface area contributed by atoms with Crippen LogP contribution < -0.4 is 5.32 Å². The van der Waals surface area contributed by atoms with Gasteiger partial charge in [0, 0.05) is 6.42 Å². The highest BCUT2D eigenvalue weighted by Gasteiger charge is 2.28. The van der Waals surface area contributed by atoms with Crippen LogP contribution in [0, 0.1) is 0 Å². The summed E-state index contributed by atoms with van der Waals surface area (Å²) >= 11 is 0. The van der Waals surface area contributed by atoms with E-state index < -0.39 is 20.0 Å². The second kappa shape index (κ2) is 55.4. The van der Waals surface area contributed by atoms with E-state index in [1.807, 2.05) is 21.1 Å². The van der Waals surface area contributed by atoms with Gasteiger partial charge in [-0.05, 0) is 96.3 Å². The third-order valence-electron chi connectivity index (χ3n) is 12.7. The molecule has 0 aliphatic heterocycles. The van der Waals surface area contributed by atoms with Crippen LogP contribution >= 0.6 is 7.82 Å². The third-order valence-corrected chi connectivity index (χ3v) is 13.6. The second-order valence-electron chi connectivity index (χ2n) is 21.0. The van der Waals surface area contributed by atoms with E-state index in [9.17, 15) is 19.4 Å². The number of nitrogens with one attached hydrogen (secondary N) is 1. The molecule has 0 aromatic rings. The van der Waals surface area contributed by atoms with Crippen molar-refractivity contribution in [3.05, 3.63) is 134 Å². The lowest BCUT2D eigenvalue weighted by atomic mass is 10.0. The highest BCUT2D eigenvalue weighted by Crippen LogP contribution is 2.43. The number of quaternary nitrogens is 1. The molecule has 75 heavy (non-hydrogen) atoms. The van der Waals surface area contributed by atoms with Crippen LogP contribution in [0.15, 0.2) is 134 Å². The highest BCUT2D eigenvalue weighted by atomic mass is 31.2. The number of allylic oxidation sites excluding steroid dienone is 22. The number of aliphatic hydroxyl groups excluding tert-OH is 1. The standard InChI is InChI=1S/C66H113N2O6P/c1-6-8-10-12-14-16-18-20-22-23-24-25-26-27-28-29-30-31-32-33-34-35-36-37-38-39-40-41-42-43-44-45-46-48-50-52-54-56-58-60-66(70)67-64(63-74-75(71,72)73-62-61-68(3,4)5)65(69)59-57-55-53-51-49-47-21-19-17-15-13-11-9-7-2/h8,10,14,16,20,22,24-25,27-28,30-31,33-34,36-37,39-40,42-43,45-46,64-65,69H,6-7,9,11-13,15,17-19,21,23,26,29,32,35,38,41,44,47-63H2,1-5H3,(H-,67,70,71,72)/p+1/b10-8-,16-14-,22-20-,25-24-,28-27-,31-30-,34-33-,37-36-,40-39-,43-42-,46-45-. The molecule has 0 bridgehead atoms. The van der Waals surface area contributed by atoms with Gasteiger partial charge in [-0.25, -0.2) is 4.57 Å².